The summed E-state index contributed by atoms with van der Waals surface area (Å²) in [6.45, 7) is 3.77. The van der Waals surface area contributed by atoms with Crippen molar-refractivity contribution in [3.63, 3.8) is 0 Å². The minimum absolute atomic E-state index is 0.468. The second-order valence-corrected chi connectivity index (χ2v) is 10.0. The molecule has 5 aromatic rings. The lowest BCUT2D eigenvalue weighted by molar-refractivity contribution is 0.0921. The van der Waals surface area contributed by atoms with Crippen LogP contribution >= 0.6 is 0 Å². The molecule has 6 nitrogen and oxygen atoms in total. The number of hydrogen-bond acceptors (Lipinski definition) is 5. The molecule has 7 rings (SSSR count). The van der Waals surface area contributed by atoms with E-state index in [1.54, 1.807) is 6.33 Å². The highest BCUT2D eigenvalue weighted by Gasteiger charge is 2.34. The third kappa shape index (κ3) is 3.56. The maximum absolute atomic E-state index is 6.41. The standard InChI is InChI=1S/C29H28N6/c30-28-27-24(17-35(29(27)32-18-31-28)23-13-19(14-23)16-34-11-4-12-34)22-8-7-21-9-10-25(33-26(21)15-22)20-5-2-1-3-6-20/h1-3,5-10,15,17-19,23H,4,11-14,16H2,(H2,30,31,32)/t19-,23-. The number of nitrogen functional groups attached to an aromatic ring is 1. The van der Waals surface area contributed by atoms with Gasteiger partial charge in [0, 0.05) is 35.3 Å². The number of nitrogens with zero attached hydrogens (tertiary/aromatic N) is 5. The number of nitrogens with two attached hydrogens (primary N) is 1. The van der Waals surface area contributed by atoms with Crippen LogP contribution in [0.25, 0.3) is 44.3 Å². The zero-order chi connectivity index (χ0) is 23.4. The first kappa shape index (κ1) is 20.6. The second kappa shape index (κ2) is 8.17. The minimum Gasteiger partial charge on any atom is -0.383 e. The van der Waals surface area contributed by atoms with Crippen molar-refractivity contribution < 1.29 is 0 Å². The van der Waals surface area contributed by atoms with E-state index in [1.807, 2.05) is 18.2 Å². The number of pyridine rings is 1. The quantitative estimate of drug-likeness (QED) is 0.372. The molecule has 0 unspecified atom stereocenters. The van der Waals surface area contributed by atoms with Crippen molar-refractivity contribution in [2.45, 2.75) is 25.3 Å². The van der Waals surface area contributed by atoms with Gasteiger partial charge < -0.3 is 15.2 Å². The van der Waals surface area contributed by atoms with Crippen molar-refractivity contribution in [1.82, 2.24) is 24.4 Å². The highest BCUT2D eigenvalue weighted by molar-refractivity contribution is 6.02. The molecule has 0 bridgehead atoms. The molecule has 2 aromatic carbocycles. The van der Waals surface area contributed by atoms with Gasteiger partial charge in [0.05, 0.1) is 16.6 Å². The topological polar surface area (TPSA) is 72.9 Å². The van der Waals surface area contributed by atoms with Crippen molar-refractivity contribution in [2.75, 3.05) is 25.4 Å². The van der Waals surface area contributed by atoms with Gasteiger partial charge in [-0.15, -0.1) is 0 Å². The zero-order valence-electron chi connectivity index (χ0n) is 19.6. The Hall–Kier alpha value is -3.77. The van der Waals surface area contributed by atoms with Gasteiger partial charge in [0.25, 0.3) is 0 Å². The number of aromatic nitrogens is 4. The van der Waals surface area contributed by atoms with Crippen molar-refractivity contribution in [3.8, 4) is 22.4 Å². The Bertz CT molecular complexity index is 1530. The maximum Gasteiger partial charge on any atom is 0.146 e. The summed E-state index contributed by atoms with van der Waals surface area (Å²) in [4.78, 5) is 16.6. The smallest absolute Gasteiger partial charge is 0.146 e. The fraction of sp³-hybridized carbons (Fsp3) is 0.276. The number of rotatable bonds is 5. The summed E-state index contributed by atoms with van der Waals surface area (Å²) in [7, 11) is 0. The maximum atomic E-state index is 6.41. The van der Waals surface area contributed by atoms with Crippen LogP contribution in [-0.2, 0) is 0 Å². The second-order valence-electron chi connectivity index (χ2n) is 10.0. The molecule has 6 heteroatoms. The molecule has 1 saturated heterocycles. The van der Waals surface area contributed by atoms with E-state index in [-0.39, 0.29) is 0 Å². The Morgan fingerprint density at radius 1 is 0.914 bits per heavy atom. The van der Waals surface area contributed by atoms with Crippen LogP contribution in [0, 0.1) is 5.92 Å². The van der Waals surface area contributed by atoms with Crippen LogP contribution in [0.2, 0.25) is 0 Å². The van der Waals surface area contributed by atoms with Crippen LogP contribution < -0.4 is 5.73 Å². The Morgan fingerprint density at radius 2 is 1.74 bits per heavy atom. The molecule has 0 amide bonds. The fourth-order valence-corrected chi connectivity index (χ4v) is 5.67. The molecule has 1 saturated carbocycles. The van der Waals surface area contributed by atoms with Crippen molar-refractivity contribution in [1.29, 1.82) is 0 Å². The Morgan fingerprint density at radius 3 is 2.54 bits per heavy atom. The Kier molecular flexibility index (Phi) is 4.81. The first-order valence-corrected chi connectivity index (χ1v) is 12.5. The summed E-state index contributed by atoms with van der Waals surface area (Å²) in [6.07, 6.45) is 7.57. The lowest BCUT2D eigenvalue weighted by Gasteiger charge is -2.42. The van der Waals surface area contributed by atoms with Gasteiger partial charge in [0.2, 0.25) is 0 Å². The first-order valence-electron chi connectivity index (χ1n) is 12.5. The normalized spacial score (nSPS) is 20.1. The van der Waals surface area contributed by atoms with Gasteiger partial charge in [-0.3, -0.25) is 0 Å². The van der Waals surface area contributed by atoms with Gasteiger partial charge in [0.1, 0.15) is 17.8 Å². The minimum atomic E-state index is 0.468. The van der Waals surface area contributed by atoms with E-state index >= 15 is 0 Å². The van der Waals surface area contributed by atoms with Gasteiger partial charge in [-0.1, -0.05) is 48.5 Å². The van der Waals surface area contributed by atoms with Crippen LogP contribution in [-0.4, -0.2) is 44.1 Å². The molecule has 1 aliphatic heterocycles. The van der Waals surface area contributed by atoms with Crippen LogP contribution in [0.4, 0.5) is 5.82 Å². The monoisotopic (exact) mass is 460 g/mol. The molecule has 4 heterocycles. The van der Waals surface area contributed by atoms with Crippen molar-refractivity contribution >= 4 is 27.8 Å². The zero-order valence-corrected chi connectivity index (χ0v) is 19.6. The van der Waals surface area contributed by atoms with Gasteiger partial charge >= 0.3 is 0 Å². The molecule has 174 valence electrons. The third-order valence-corrected chi connectivity index (χ3v) is 7.78. The molecule has 0 atom stereocenters. The average molecular weight is 461 g/mol. The van der Waals surface area contributed by atoms with E-state index in [4.69, 9.17) is 10.7 Å². The van der Waals surface area contributed by atoms with E-state index in [1.165, 1.54) is 38.9 Å². The van der Waals surface area contributed by atoms with E-state index in [0.29, 0.717) is 11.9 Å². The molecule has 0 spiro atoms. The molecule has 2 N–H and O–H groups in total. The summed E-state index contributed by atoms with van der Waals surface area (Å²) in [5.41, 5.74) is 12.6. The Labute approximate surface area is 204 Å². The molecular formula is C29H28N6. The number of benzene rings is 2. The molecule has 0 radical (unpaired) electrons. The van der Waals surface area contributed by atoms with Crippen molar-refractivity contribution in [2.24, 2.45) is 5.92 Å². The number of hydrogen-bond donors (Lipinski definition) is 1. The Balaban J connectivity index is 1.27. The molecule has 1 aliphatic carbocycles. The van der Waals surface area contributed by atoms with E-state index in [9.17, 15) is 0 Å². The molecule has 35 heavy (non-hydrogen) atoms. The number of likely N-dealkylation sites (tertiary alicyclic amines) is 1. The molecule has 2 aliphatic rings. The third-order valence-electron chi connectivity index (χ3n) is 7.78. The van der Waals surface area contributed by atoms with Crippen LogP contribution in [0.15, 0.2) is 73.2 Å². The summed E-state index contributed by atoms with van der Waals surface area (Å²) >= 11 is 0. The summed E-state index contributed by atoms with van der Waals surface area (Å²) in [5.74, 6) is 1.31. The van der Waals surface area contributed by atoms with E-state index in [2.05, 4.69) is 68.1 Å². The van der Waals surface area contributed by atoms with Crippen molar-refractivity contribution in [3.05, 3.63) is 73.2 Å². The molecular weight excluding hydrogens is 432 g/mol. The van der Waals surface area contributed by atoms with Gasteiger partial charge in [-0.2, -0.15) is 0 Å². The van der Waals surface area contributed by atoms with E-state index < -0.39 is 0 Å². The van der Waals surface area contributed by atoms with Gasteiger partial charge in [-0.25, -0.2) is 15.0 Å². The SMILES string of the molecule is Nc1ncnc2c1c(-c1ccc3ccc(-c4ccccc4)nc3c1)cn2[C@H]1C[C@H](CN2CCC2)C1. The van der Waals surface area contributed by atoms with Gasteiger partial charge in [0.15, 0.2) is 0 Å². The average Bonchev–Trinajstić information content (AvgIpc) is 3.22. The number of anilines is 1. The van der Waals surface area contributed by atoms with Crippen LogP contribution in [0.5, 0.6) is 0 Å². The highest BCUT2D eigenvalue weighted by atomic mass is 15.2. The van der Waals surface area contributed by atoms with E-state index in [0.717, 1.165) is 50.2 Å². The fourth-order valence-electron chi connectivity index (χ4n) is 5.67. The lowest BCUT2D eigenvalue weighted by atomic mass is 9.79. The molecule has 2 fully saturated rings. The number of fused-ring (bicyclic) bond motifs is 2. The van der Waals surface area contributed by atoms with Crippen LogP contribution in [0.3, 0.4) is 0 Å². The summed E-state index contributed by atoms with van der Waals surface area (Å²) < 4.78 is 2.34. The van der Waals surface area contributed by atoms with Crippen LogP contribution in [0.1, 0.15) is 25.3 Å². The largest absolute Gasteiger partial charge is 0.383 e. The summed E-state index contributed by atoms with van der Waals surface area (Å²) in [5, 5.41) is 2.06. The molecule has 3 aromatic heterocycles. The van der Waals surface area contributed by atoms with Gasteiger partial charge in [-0.05, 0) is 56.0 Å². The lowest BCUT2D eigenvalue weighted by Crippen LogP contribution is -2.43. The summed E-state index contributed by atoms with van der Waals surface area (Å²) in [6, 6.07) is 21.5. The highest BCUT2D eigenvalue weighted by Crippen LogP contribution is 2.43. The predicted octanol–water partition coefficient (Wildman–Crippen LogP) is 5.55. The predicted molar refractivity (Wildman–Crippen MR) is 141 cm³/mol. The first-order chi connectivity index (χ1) is 17.2.